The van der Waals surface area contributed by atoms with Gasteiger partial charge in [0.05, 0.1) is 5.69 Å². The fourth-order valence-electron chi connectivity index (χ4n) is 2.69. The average Bonchev–Trinajstić information content (AvgIpc) is 3.09. The number of rotatable bonds is 4. The van der Waals surface area contributed by atoms with Crippen LogP contribution in [0.5, 0.6) is 0 Å². The van der Waals surface area contributed by atoms with Crippen molar-refractivity contribution in [3.8, 4) is 0 Å². The predicted molar refractivity (Wildman–Crippen MR) is 87.7 cm³/mol. The van der Waals surface area contributed by atoms with Crippen molar-refractivity contribution in [1.82, 2.24) is 9.29 Å². The second-order valence-corrected chi connectivity index (χ2v) is 7.73. The van der Waals surface area contributed by atoms with Gasteiger partial charge in [0.15, 0.2) is 0 Å². The van der Waals surface area contributed by atoms with Crippen LogP contribution < -0.4 is 5.32 Å². The molecule has 9 heteroatoms. The second kappa shape index (κ2) is 6.93. The third kappa shape index (κ3) is 3.72. The Hall–Kier alpha value is -2.26. The number of H-pyrrole nitrogens is 1. The molecule has 1 saturated heterocycles. The highest BCUT2D eigenvalue weighted by Gasteiger charge is 2.27. The van der Waals surface area contributed by atoms with E-state index < -0.39 is 27.6 Å². The molecule has 1 fully saturated rings. The SMILES string of the molecule is O=C(Nc1ccc(F)cc1F)c1cc(S(=O)(=O)N2CCCCC2)c[nH]1. The Bertz CT molecular complexity index is 890. The molecule has 0 atom stereocenters. The number of aromatic nitrogens is 1. The normalized spacial score (nSPS) is 15.9. The van der Waals surface area contributed by atoms with Crippen LogP contribution in [0.4, 0.5) is 14.5 Å². The van der Waals surface area contributed by atoms with Gasteiger partial charge in [-0.1, -0.05) is 6.42 Å². The first kappa shape index (κ1) is 17.6. The van der Waals surface area contributed by atoms with Crippen LogP contribution in [0, 0.1) is 11.6 Å². The minimum Gasteiger partial charge on any atom is -0.356 e. The minimum absolute atomic E-state index is 0.0147. The average molecular weight is 369 g/mol. The smallest absolute Gasteiger partial charge is 0.272 e. The lowest BCUT2D eigenvalue weighted by Gasteiger charge is -2.25. The molecule has 2 N–H and O–H groups in total. The Morgan fingerprint density at radius 3 is 2.52 bits per heavy atom. The van der Waals surface area contributed by atoms with Crippen molar-refractivity contribution >= 4 is 21.6 Å². The second-order valence-electron chi connectivity index (χ2n) is 5.79. The number of anilines is 1. The number of hydrogen-bond donors (Lipinski definition) is 2. The molecule has 0 aliphatic carbocycles. The zero-order valence-corrected chi connectivity index (χ0v) is 14.1. The third-order valence-electron chi connectivity index (χ3n) is 4.03. The number of carbonyl (C=O) groups is 1. The number of benzene rings is 1. The standard InChI is InChI=1S/C16H17F2N3O3S/c17-11-4-5-14(13(18)8-11)20-16(22)15-9-12(10-19-15)25(23,24)21-6-2-1-3-7-21/h4-5,8-10,19H,1-3,6-7H2,(H,20,22). The summed E-state index contributed by atoms with van der Waals surface area (Å²) in [6.45, 7) is 0.908. The Kier molecular flexibility index (Phi) is 4.87. The Labute approximate surface area is 143 Å². The summed E-state index contributed by atoms with van der Waals surface area (Å²) in [4.78, 5) is 14.7. The number of carbonyl (C=O) groups excluding carboxylic acids is 1. The lowest BCUT2D eigenvalue weighted by atomic mass is 10.2. The van der Waals surface area contributed by atoms with Crippen LogP contribution in [-0.2, 0) is 10.0 Å². The van der Waals surface area contributed by atoms with E-state index in [2.05, 4.69) is 10.3 Å². The van der Waals surface area contributed by atoms with E-state index >= 15 is 0 Å². The molecule has 0 radical (unpaired) electrons. The highest BCUT2D eigenvalue weighted by molar-refractivity contribution is 7.89. The van der Waals surface area contributed by atoms with Crippen LogP contribution in [0.2, 0.25) is 0 Å². The molecule has 2 aromatic rings. The molecule has 0 bridgehead atoms. The number of aromatic amines is 1. The van der Waals surface area contributed by atoms with Crippen molar-refractivity contribution in [2.75, 3.05) is 18.4 Å². The molecule has 2 heterocycles. The molecule has 1 aromatic heterocycles. The lowest BCUT2D eigenvalue weighted by molar-refractivity contribution is 0.102. The van der Waals surface area contributed by atoms with E-state index in [1.54, 1.807) is 0 Å². The molecule has 1 aliphatic rings. The fourth-order valence-corrected chi connectivity index (χ4v) is 4.20. The van der Waals surface area contributed by atoms with Gasteiger partial charge in [0.1, 0.15) is 22.2 Å². The summed E-state index contributed by atoms with van der Waals surface area (Å²) in [5.41, 5.74) is -0.222. The highest BCUT2D eigenvalue weighted by Crippen LogP contribution is 2.22. The minimum atomic E-state index is -3.66. The Balaban J connectivity index is 1.77. The molecule has 0 spiro atoms. The summed E-state index contributed by atoms with van der Waals surface area (Å²) in [7, 11) is -3.66. The molecule has 1 aromatic carbocycles. The quantitative estimate of drug-likeness (QED) is 0.869. The molecular weight excluding hydrogens is 352 g/mol. The largest absolute Gasteiger partial charge is 0.356 e. The molecule has 1 amide bonds. The first-order valence-corrected chi connectivity index (χ1v) is 9.27. The van der Waals surface area contributed by atoms with E-state index in [9.17, 15) is 22.0 Å². The number of piperidine rings is 1. The van der Waals surface area contributed by atoms with E-state index in [1.165, 1.54) is 16.6 Å². The number of hydrogen-bond acceptors (Lipinski definition) is 3. The van der Waals surface area contributed by atoms with Crippen LogP contribution >= 0.6 is 0 Å². The van der Waals surface area contributed by atoms with E-state index in [1.807, 2.05) is 0 Å². The van der Waals surface area contributed by atoms with Crippen molar-refractivity contribution < 1.29 is 22.0 Å². The van der Waals surface area contributed by atoms with Gasteiger partial charge in [-0.25, -0.2) is 17.2 Å². The molecule has 0 unspecified atom stereocenters. The number of nitrogens with one attached hydrogen (secondary N) is 2. The Morgan fingerprint density at radius 1 is 1.12 bits per heavy atom. The summed E-state index contributed by atoms with van der Waals surface area (Å²) in [5.74, 6) is -2.39. The van der Waals surface area contributed by atoms with Gasteiger partial charge >= 0.3 is 0 Å². The maximum Gasteiger partial charge on any atom is 0.272 e. The van der Waals surface area contributed by atoms with Gasteiger partial charge < -0.3 is 10.3 Å². The third-order valence-corrected chi connectivity index (χ3v) is 5.91. The number of nitrogens with zero attached hydrogens (tertiary/aromatic N) is 1. The maximum absolute atomic E-state index is 13.6. The molecule has 6 nitrogen and oxygen atoms in total. The van der Waals surface area contributed by atoms with E-state index in [4.69, 9.17) is 0 Å². The Morgan fingerprint density at radius 2 is 1.84 bits per heavy atom. The molecule has 0 saturated carbocycles. The van der Waals surface area contributed by atoms with Gasteiger partial charge in [0.25, 0.3) is 5.91 Å². The van der Waals surface area contributed by atoms with Gasteiger partial charge in [0, 0.05) is 25.4 Å². The summed E-state index contributed by atoms with van der Waals surface area (Å²) in [6, 6.07) is 3.97. The number of amides is 1. The highest BCUT2D eigenvalue weighted by atomic mass is 32.2. The monoisotopic (exact) mass is 369 g/mol. The predicted octanol–water partition coefficient (Wildman–Crippen LogP) is 2.72. The van der Waals surface area contributed by atoms with Crippen LogP contribution in [0.1, 0.15) is 29.8 Å². The zero-order valence-electron chi connectivity index (χ0n) is 13.3. The summed E-state index contributed by atoms with van der Waals surface area (Å²) in [5, 5.41) is 2.28. The molecule has 25 heavy (non-hydrogen) atoms. The van der Waals surface area contributed by atoms with Crippen molar-refractivity contribution in [3.63, 3.8) is 0 Å². The molecule has 134 valence electrons. The summed E-state index contributed by atoms with van der Waals surface area (Å²) in [6.07, 6.45) is 3.84. The van der Waals surface area contributed by atoms with Gasteiger partial charge in [-0.3, -0.25) is 4.79 Å². The van der Waals surface area contributed by atoms with Crippen LogP contribution in [0.15, 0.2) is 35.4 Å². The maximum atomic E-state index is 13.6. The molecule has 3 rings (SSSR count). The molecule has 1 aliphatic heterocycles. The van der Waals surface area contributed by atoms with Crippen LogP contribution in [-0.4, -0.2) is 36.7 Å². The van der Waals surface area contributed by atoms with E-state index in [0.29, 0.717) is 19.2 Å². The zero-order chi connectivity index (χ0) is 18.0. The van der Waals surface area contributed by atoms with Crippen LogP contribution in [0.3, 0.4) is 0 Å². The summed E-state index contributed by atoms with van der Waals surface area (Å²) < 4.78 is 53.0. The van der Waals surface area contributed by atoms with Gasteiger partial charge in [-0.2, -0.15) is 4.31 Å². The fraction of sp³-hybridized carbons (Fsp3) is 0.312. The first-order valence-electron chi connectivity index (χ1n) is 7.83. The van der Waals surface area contributed by atoms with Crippen molar-refractivity contribution in [3.05, 3.63) is 47.8 Å². The van der Waals surface area contributed by atoms with Crippen LogP contribution in [0.25, 0.3) is 0 Å². The lowest BCUT2D eigenvalue weighted by Crippen LogP contribution is -2.35. The first-order chi connectivity index (χ1) is 11.9. The summed E-state index contributed by atoms with van der Waals surface area (Å²) >= 11 is 0. The van der Waals surface area contributed by atoms with Gasteiger partial charge in [0.2, 0.25) is 10.0 Å². The topological polar surface area (TPSA) is 82.3 Å². The number of halogens is 2. The van der Waals surface area contributed by atoms with Gasteiger partial charge in [-0.15, -0.1) is 0 Å². The van der Waals surface area contributed by atoms with E-state index in [-0.39, 0.29) is 16.3 Å². The number of sulfonamides is 1. The van der Waals surface area contributed by atoms with E-state index in [0.717, 1.165) is 31.4 Å². The van der Waals surface area contributed by atoms with Crippen molar-refractivity contribution in [2.45, 2.75) is 24.2 Å². The van der Waals surface area contributed by atoms with Crippen molar-refractivity contribution in [2.24, 2.45) is 0 Å². The van der Waals surface area contributed by atoms with Gasteiger partial charge in [-0.05, 0) is 31.0 Å². The molecular formula is C16H17F2N3O3S. The van der Waals surface area contributed by atoms with Crippen molar-refractivity contribution in [1.29, 1.82) is 0 Å².